The average molecular weight is 378 g/mol. The molecule has 3 aliphatic carbocycles. The summed E-state index contributed by atoms with van der Waals surface area (Å²) in [7, 11) is -3.71. The van der Waals surface area contributed by atoms with Gasteiger partial charge >= 0.3 is 0 Å². The number of benzene rings is 1. The molecule has 5 nitrogen and oxygen atoms in total. The van der Waals surface area contributed by atoms with Gasteiger partial charge in [-0.2, -0.15) is 0 Å². The summed E-state index contributed by atoms with van der Waals surface area (Å²) in [6.07, 6.45) is 4.58. The summed E-state index contributed by atoms with van der Waals surface area (Å²) in [5.74, 6) is 0.399. The Balaban J connectivity index is 1.81. The predicted molar refractivity (Wildman–Crippen MR) is 99.0 cm³/mol. The van der Waals surface area contributed by atoms with Gasteiger partial charge in [-0.3, -0.25) is 0 Å². The topological polar surface area (TPSA) is 101 Å². The maximum atomic E-state index is 11.7. The third-order valence-electron chi connectivity index (χ3n) is 7.61. The van der Waals surface area contributed by atoms with Gasteiger partial charge in [-0.25, -0.2) is 13.6 Å². The summed E-state index contributed by atoms with van der Waals surface area (Å²) in [4.78, 5) is 0.162. The smallest absolute Gasteiger partial charge is 0.238 e. The van der Waals surface area contributed by atoms with Crippen molar-refractivity contribution in [3.05, 3.63) is 42.0 Å². The first-order chi connectivity index (χ1) is 12.1. The second kappa shape index (κ2) is 5.64. The van der Waals surface area contributed by atoms with E-state index in [1.165, 1.54) is 5.56 Å². The van der Waals surface area contributed by atoms with Crippen LogP contribution in [0, 0.1) is 16.7 Å². The first kappa shape index (κ1) is 18.2. The van der Waals surface area contributed by atoms with Crippen molar-refractivity contribution in [3.8, 4) is 0 Å². The first-order valence-corrected chi connectivity index (χ1v) is 10.8. The summed E-state index contributed by atoms with van der Waals surface area (Å²) >= 11 is 0. The van der Waals surface area contributed by atoms with Crippen molar-refractivity contribution in [1.82, 2.24) is 0 Å². The maximum absolute atomic E-state index is 11.7. The molecule has 1 aromatic carbocycles. The molecule has 26 heavy (non-hydrogen) atoms. The zero-order valence-corrected chi connectivity index (χ0v) is 15.9. The Bertz CT molecular complexity index is 867. The average Bonchev–Trinajstić information content (AvgIpc) is 2.84. The molecule has 0 aliphatic heterocycles. The molecular weight excluding hydrogens is 350 g/mol. The maximum Gasteiger partial charge on any atom is 0.238 e. The Morgan fingerprint density at radius 3 is 2.69 bits per heavy atom. The SMILES string of the molecule is C=C[C@@]12CCc3cc(S(N)(=O)=O)ccc3C1CC[C@@]1(C)C2C[C@@H](O)[C@@H]1O. The van der Waals surface area contributed by atoms with Crippen LogP contribution in [-0.2, 0) is 16.4 Å². The minimum atomic E-state index is -3.71. The van der Waals surface area contributed by atoms with Crippen molar-refractivity contribution in [3.63, 3.8) is 0 Å². The van der Waals surface area contributed by atoms with Crippen LogP contribution in [0.3, 0.4) is 0 Å². The van der Waals surface area contributed by atoms with Crippen molar-refractivity contribution in [2.75, 3.05) is 0 Å². The summed E-state index contributed by atoms with van der Waals surface area (Å²) in [5, 5.41) is 26.3. The summed E-state index contributed by atoms with van der Waals surface area (Å²) in [6, 6.07) is 5.21. The van der Waals surface area contributed by atoms with Crippen LogP contribution in [0.1, 0.15) is 49.7 Å². The fourth-order valence-corrected chi connectivity index (χ4v) is 6.82. The van der Waals surface area contributed by atoms with Crippen LogP contribution in [0.2, 0.25) is 0 Å². The number of primary sulfonamides is 1. The van der Waals surface area contributed by atoms with Crippen LogP contribution in [0.5, 0.6) is 0 Å². The van der Waals surface area contributed by atoms with Crippen LogP contribution in [-0.4, -0.2) is 30.8 Å². The van der Waals surface area contributed by atoms with Crippen LogP contribution in [0.25, 0.3) is 0 Å². The molecule has 3 aliphatic rings. The van der Waals surface area contributed by atoms with Crippen LogP contribution >= 0.6 is 0 Å². The number of sulfonamides is 1. The summed E-state index contributed by atoms with van der Waals surface area (Å²) in [5.41, 5.74) is 1.73. The van der Waals surface area contributed by atoms with Gasteiger partial charge in [0.15, 0.2) is 0 Å². The predicted octanol–water partition coefficient (Wildman–Crippen LogP) is 2.08. The lowest BCUT2D eigenvalue weighted by Gasteiger charge is -2.57. The monoisotopic (exact) mass is 377 g/mol. The molecule has 4 N–H and O–H groups in total. The Morgan fingerprint density at radius 1 is 1.31 bits per heavy atom. The Hall–Kier alpha value is -1.21. The highest BCUT2D eigenvalue weighted by Crippen LogP contribution is 2.67. The van der Waals surface area contributed by atoms with Gasteiger partial charge in [0, 0.05) is 0 Å². The van der Waals surface area contributed by atoms with Crippen molar-refractivity contribution in [2.24, 2.45) is 21.9 Å². The number of hydrogen-bond donors (Lipinski definition) is 3. The minimum Gasteiger partial charge on any atom is -0.390 e. The van der Waals surface area contributed by atoms with E-state index in [9.17, 15) is 18.6 Å². The van der Waals surface area contributed by atoms with Gasteiger partial charge in [0.25, 0.3) is 0 Å². The molecule has 2 unspecified atom stereocenters. The van der Waals surface area contributed by atoms with Crippen LogP contribution in [0.4, 0.5) is 0 Å². The molecule has 2 saturated carbocycles. The molecule has 142 valence electrons. The lowest BCUT2D eigenvalue weighted by atomic mass is 9.47. The molecule has 0 aromatic heterocycles. The second-order valence-electron chi connectivity index (χ2n) is 8.62. The summed E-state index contributed by atoms with van der Waals surface area (Å²) in [6.45, 7) is 6.25. The second-order valence-corrected chi connectivity index (χ2v) is 10.2. The van der Waals surface area contributed by atoms with E-state index in [1.54, 1.807) is 12.1 Å². The Kier molecular flexibility index (Phi) is 3.94. The molecular formula is C20H27NO4S. The largest absolute Gasteiger partial charge is 0.390 e. The van der Waals surface area contributed by atoms with E-state index in [1.807, 2.05) is 12.1 Å². The molecule has 0 heterocycles. The molecule has 0 radical (unpaired) electrons. The standard InChI is InChI=1S/C20H27NO4S/c1-3-20-9-6-12-10-13(26(21,24)25)4-5-14(12)15(20)7-8-19(2)17(20)11-16(22)18(19)23/h3-5,10,15-18,22-23H,1,6-9,11H2,2H3,(H2,21,24,25)/t15?,16-,17?,18+,19+,20-/m1/s1. The molecule has 1 aromatic rings. The third-order valence-corrected chi connectivity index (χ3v) is 8.52. The van der Waals surface area contributed by atoms with Gasteiger partial charge in [-0.05, 0) is 78.0 Å². The van der Waals surface area contributed by atoms with Crippen LogP contribution < -0.4 is 5.14 Å². The molecule has 6 heteroatoms. The number of hydrogen-bond acceptors (Lipinski definition) is 4. The van der Waals surface area contributed by atoms with E-state index < -0.39 is 22.2 Å². The Labute approximate surface area is 155 Å². The van der Waals surface area contributed by atoms with Crippen molar-refractivity contribution >= 4 is 10.0 Å². The molecule has 2 fully saturated rings. The van der Waals surface area contributed by atoms with Gasteiger partial charge in [0.05, 0.1) is 17.1 Å². The highest BCUT2D eigenvalue weighted by Gasteiger charge is 2.63. The molecule has 4 rings (SSSR count). The highest BCUT2D eigenvalue weighted by atomic mass is 32.2. The molecule has 0 spiro atoms. The van der Waals surface area contributed by atoms with Gasteiger partial charge in [-0.15, -0.1) is 6.58 Å². The van der Waals surface area contributed by atoms with E-state index in [0.717, 1.165) is 31.2 Å². The van der Waals surface area contributed by atoms with Crippen molar-refractivity contribution < 1.29 is 18.6 Å². The van der Waals surface area contributed by atoms with E-state index in [2.05, 4.69) is 13.5 Å². The number of fused-ring (bicyclic) bond motifs is 5. The van der Waals surface area contributed by atoms with E-state index in [4.69, 9.17) is 5.14 Å². The van der Waals surface area contributed by atoms with Gasteiger partial charge in [-0.1, -0.05) is 19.1 Å². The fraction of sp³-hybridized carbons (Fsp3) is 0.600. The minimum absolute atomic E-state index is 0.162. The zero-order valence-electron chi connectivity index (χ0n) is 15.1. The van der Waals surface area contributed by atoms with Gasteiger partial charge in [0.2, 0.25) is 10.0 Å². The molecule has 0 bridgehead atoms. The number of rotatable bonds is 2. The van der Waals surface area contributed by atoms with Crippen LogP contribution in [0.15, 0.2) is 35.7 Å². The number of allylic oxidation sites excluding steroid dienone is 1. The molecule has 0 amide bonds. The number of nitrogens with two attached hydrogens (primary N) is 1. The Morgan fingerprint density at radius 2 is 2.04 bits per heavy atom. The van der Waals surface area contributed by atoms with E-state index >= 15 is 0 Å². The van der Waals surface area contributed by atoms with Crippen molar-refractivity contribution in [1.29, 1.82) is 0 Å². The van der Waals surface area contributed by atoms with Crippen molar-refractivity contribution in [2.45, 2.75) is 62.0 Å². The normalized spacial score (nSPS) is 41.8. The lowest BCUT2D eigenvalue weighted by molar-refractivity contribution is -0.0687. The van der Waals surface area contributed by atoms with Gasteiger partial charge in [0.1, 0.15) is 0 Å². The van der Waals surface area contributed by atoms with E-state index in [-0.39, 0.29) is 27.6 Å². The first-order valence-electron chi connectivity index (χ1n) is 9.29. The quantitative estimate of drug-likeness (QED) is 0.687. The number of aliphatic hydroxyl groups excluding tert-OH is 2. The molecule has 0 saturated heterocycles. The number of aryl methyl sites for hydroxylation is 1. The third kappa shape index (κ3) is 2.29. The fourth-order valence-electron chi connectivity index (χ4n) is 6.25. The zero-order chi connectivity index (χ0) is 18.9. The lowest BCUT2D eigenvalue weighted by Crippen LogP contribution is -2.50. The highest BCUT2D eigenvalue weighted by molar-refractivity contribution is 7.89. The van der Waals surface area contributed by atoms with Gasteiger partial charge < -0.3 is 10.2 Å². The summed E-state index contributed by atoms with van der Waals surface area (Å²) < 4.78 is 23.4. The molecule has 6 atom stereocenters. The number of aliphatic hydroxyl groups is 2. The van der Waals surface area contributed by atoms with E-state index in [0.29, 0.717) is 6.42 Å².